The highest BCUT2D eigenvalue weighted by Gasteiger charge is 2.13. The number of hydrogen-bond donors (Lipinski definition) is 2. The molecule has 0 atom stereocenters. The molecule has 2 aromatic carbocycles. The van der Waals surface area contributed by atoms with Crippen molar-refractivity contribution in [3.05, 3.63) is 68.0 Å². The number of aromatic amines is 2. The van der Waals surface area contributed by atoms with Gasteiger partial charge in [0, 0.05) is 21.6 Å². The first-order valence-electron chi connectivity index (χ1n) is 7.46. The van der Waals surface area contributed by atoms with Gasteiger partial charge in [-0.3, -0.25) is 9.89 Å². The third-order valence-corrected chi connectivity index (χ3v) is 5.00. The summed E-state index contributed by atoms with van der Waals surface area (Å²) in [5.41, 5.74) is 4.34. The maximum Gasteiger partial charge on any atom is 0.274 e. The van der Waals surface area contributed by atoms with Gasteiger partial charge in [0.2, 0.25) is 0 Å². The van der Waals surface area contributed by atoms with Gasteiger partial charge < -0.3 is 4.98 Å². The monoisotopic (exact) mass is 380 g/mol. The fourth-order valence-corrected chi connectivity index (χ4v) is 3.77. The van der Waals surface area contributed by atoms with Crippen molar-refractivity contribution in [2.24, 2.45) is 0 Å². The lowest BCUT2D eigenvalue weighted by Gasteiger charge is -2.09. The van der Waals surface area contributed by atoms with Crippen LogP contribution in [-0.4, -0.2) is 14.8 Å². The number of nitrogens with one attached hydrogen (secondary N) is 2. The number of rotatable bonds is 2. The topological polar surface area (TPSA) is 77.4 Å². The number of nitrogens with zero attached hydrogens (tertiary/aromatic N) is 2. The minimum atomic E-state index is -0.127. The number of aryl methyl sites for hydroxylation is 1. The van der Waals surface area contributed by atoms with Gasteiger partial charge in [-0.15, -0.1) is 0 Å². The van der Waals surface area contributed by atoms with Gasteiger partial charge in [0.15, 0.2) is 0 Å². The van der Waals surface area contributed by atoms with Crippen LogP contribution in [0.3, 0.4) is 0 Å². The number of aromatic nitrogens is 3. The number of benzene rings is 2. The van der Waals surface area contributed by atoms with Gasteiger partial charge in [-0.2, -0.15) is 5.26 Å². The van der Waals surface area contributed by atoms with Crippen molar-refractivity contribution < 1.29 is 0 Å². The molecule has 2 heterocycles. The molecule has 24 heavy (non-hydrogen) atoms. The van der Waals surface area contributed by atoms with Crippen LogP contribution < -0.4 is 5.56 Å². The molecule has 0 aliphatic heterocycles. The van der Waals surface area contributed by atoms with E-state index in [9.17, 15) is 4.79 Å². The fraction of sp³-hybridized carbons (Fsp3) is 0.111. The molecule has 4 aromatic rings. The largest absolute Gasteiger partial charge is 0.361 e. The van der Waals surface area contributed by atoms with E-state index in [2.05, 4.69) is 38.1 Å². The van der Waals surface area contributed by atoms with Crippen LogP contribution in [0.1, 0.15) is 16.7 Å². The highest BCUT2D eigenvalue weighted by Crippen LogP contribution is 2.29. The molecule has 0 saturated heterocycles. The van der Waals surface area contributed by atoms with Crippen LogP contribution in [-0.2, 0) is 6.54 Å². The molecule has 5 nitrogen and oxygen atoms in total. The highest BCUT2D eigenvalue weighted by molar-refractivity contribution is 9.10. The zero-order valence-corrected chi connectivity index (χ0v) is 14.4. The van der Waals surface area contributed by atoms with E-state index in [4.69, 9.17) is 5.26 Å². The predicted molar refractivity (Wildman–Crippen MR) is 97.1 cm³/mol. The molecule has 0 radical (unpaired) electrons. The van der Waals surface area contributed by atoms with E-state index in [1.807, 2.05) is 19.2 Å². The first-order valence-corrected chi connectivity index (χ1v) is 8.25. The minimum absolute atomic E-state index is 0.127. The molecule has 0 unspecified atom stereocenters. The first kappa shape index (κ1) is 14.8. The smallest absolute Gasteiger partial charge is 0.274 e. The van der Waals surface area contributed by atoms with Crippen LogP contribution in [0.15, 0.2) is 45.8 Å². The van der Waals surface area contributed by atoms with Crippen LogP contribution >= 0.6 is 15.9 Å². The molecule has 0 bridgehead atoms. The summed E-state index contributed by atoms with van der Waals surface area (Å²) in [6.45, 7) is 2.47. The maximum absolute atomic E-state index is 12.7. The van der Waals surface area contributed by atoms with E-state index in [0.717, 1.165) is 32.0 Å². The third kappa shape index (κ3) is 2.17. The SMILES string of the molecule is Cc1cc(Br)c(Cn2[nH]c3ccc(C#N)cc3c2=O)c2cc[nH]c12. The zero-order chi connectivity index (χ0) is 16.8. The maximum atomic E-state index is 12.7. The Bertz CT molecular complexity index is 1190. The quantitative estimate of drug-likeness (QED) is 0.554. The molecule has 4 rings (SSSR count). The Morgan fingerprint density at radius 2 is 2.08 bits per heavy atom. The average molecular weight is 381 g/mol. The molecule has 118 valence electrons. The van der Waals surface area contributed by atoms with Gasteiger partial charge >= 0.3 is 0 Å². The second-order valence-corrected chi connectivity index (χ2v) is 6.65. The lowest BCUT2D eigenvalue weighted by molar-refractivity contribution is 0.674. The second kappa shape index (κ2) is 5.39. The minimum Gasteiger partial charge on any atom is -0.361 e. The summed E-state index contributed by atoms with van der Waals surface area (Å²) in [7, 11) is 0. The predicted octanol–water partition coefficient (Wildman–Crippen LogP) is 3.80. The summed E-state index contributed by atoms with van der Waals surface area (Å²) < 4.78 is 2.55. The van der Waals surface area contributed by atoms with E-state index in [-0.39, 0.29) is 5.56 Å². The lowest BCUT2D eigenvalue weighted by atomic mass is 10.1. The van der Waals surface area contributed by atoms with Crippen molar-refractivity contribution in [2.75, 3.05) is 0 Å². The Morgan fingerprint density at radius 3 is 2.88 bits per heavy atom. The Morgan fingerprint density at radius 1 is 1.25 bits per heavy atom. The van der Waals surface area contributed by atoms with Gasteiger partial charge in [0.05, 0.1) is 29.1 Å². The Kier molecular flexibility index (Phi) is 3.32. The third-order valence-electron chi connectivity index (χ3n) is 4.29. The summed E-state index contributed by atoms with van der Waals surface area (Å²) in [5, 5.41) is 13.8. The summed E-state index contributed by atoms with van der Waals surface area (Å²) in [6, 6.07) is 11.2. The fourth-order valence-electron chi connectivity index (χ4n) is 3.09. The molecule has 0 aliphatic carbocycles. The lowest BCUT2D eigenvalue weighted by Crippen LogP contribution is -2.17. The molecule has 2 aromatic heterocycles. The van der Waals surface area contributed by atoms with Crippen LogP contribution in [0.5, 0.6) is 0 Å². The Labute approximate surface area is 145 Å². The highest BCUT2D eigenvalue weighted by atomic mass is 79.9. The molecule has 0 aliphatic rings. The van der Waals surface area contributed by atoms with E-state index in [0.29, 0.717) is 17.5 Å². The molecular weight excluding hydrogens is 368 g/mol. The normalized spacial score (nSPS) is 11.2. The van der Waals surface area contributed by atoms with Crippen molar-refractivity contribution in [2.45, 2.75) is 13.5 Å². The molecule has 2 N–H and O–H groups in total. The van der Waals surface area contributed by atoms with Gasteiger partial charge in [-0.1, -0.05) is 15.9 Å². The molecule has 0 amide bonds. The van der Waals surface area contributed by atoms with Crippen LogP contribution in [0.2, 0.25) is 0 Å². The van der Waals surface area contributed by atoms with E-state index in [1.54, 1.807) is 22.9 Å². The summed E-state index contributed by atoms with van der Waals surface area (Å²) in [6.07, 6.45) is 1.90. The van der Waals surface area contributed by atoms with E-state index in [1.165, 1.54) is 0 Å². The summed E-state index contributed by atoms with van der Waals surface area (Å²) >= 11 is 3.62. The van der Waals surface area contributed by atoms with Crippen molar-refractivity contribution in [1.82, 2.24) is 14.8 Å². The van der Waals surface area contributed by atoms with Gasteiger partial charge in [0.25, 0.3) is 5.56 Å². The van der Waals surface area contributed by atoms with Crippen LogP contribution in [0.4, 0.5) is 0 Å². The average Bonchev–Trinajstić information content (AvgIpc) is 3.17. The summed E-state index contributed by atoms with van der Waals surface area (Å²) in [5.74, 6) is 0. The number of H-pyrrole nitrogens is 2. The Balaban J connectivity index is 1.89. The molecular formula is C18H13BrN4O. The van der Waals surface area contributed by atoms with E-state index >= 15 is 0 Å². The first-order chi connectivity index (χ1) is 11.6. The molecule has 6 heteroatoms. The van der Waals surface area contributed by atoms with Gasteiger partial charge in [-0.05, 0) is 48.4 Å². The standard InChI is InChI=1S/C18H13BrN4O/c1-10-6-15(19)14(12-4-5-21-17(10)12)9-23-18(24)13-7-11(8-20)2-3-16(13)22-23/h2-7,21-22H,9H2,1H3. The number of nitriles is 1. The summed E-state index contributed by atoms with van der Waals surface area (Å²) in [4.78, 5) is 15.9. The molecule has 0 fully saturated rings. The zero-order valence-electron chi connectivity index (χ0n) is 12.9. The molecule has 0 saturated carbocycles. The van der Waals surface area contributed by atoms with Crippen LogP contribution in [0.25, 0.3) is 21.8 Å². The van der Waals surface area contributed by atoms with Crippen molar-refractivity contribution >= 4 is 37.7 Å². The molecule has 0 spiro atoms. The van der Waals surface area contributed by atoms with Crippen molar-refractivity contribution in [3.8, 4) is 6.07 Å². The van der Waals surface area contributed by atoms with E-state index < -0.39 is 0 Å². The number of halogens is 1. The number of fused-ring (bicyclic) bond motifs is 2. The van der Waals surface area contributed by atoms with Gasteiger partial charge in [0.1, 0.15) is 0 Å². The van der Waals surface area contributed by atoms with Crippen molar-refractivity contribution in [1.29, 1.82) is 5.26 Å². The Hall–Kier alpha value is -2.78. The number of hydrogen-bond acceptors (Lipinski definition) is 2. The van der Waals surface area contributed by atoms with Crippen LogP contribution in [0, 0.1) is 18.3 Å². The van der Waals surface area contributed by atoms with Crippen molar-refractivity contribution in [3.63, 3.8) is 0 Å². The second-order valence-electron chi connectivity index (χ2n) is 5.80. The van der Waals surface area contributed by atoms with Gasteiger partial charge in [-0.25, -0.2) is 4.68 Å².